The quantitative estimate of drug-likeness (QED) is 0.765. The van der Waals surface area contributed by atoms with Crippen LogP contribution in [0.3, 0.4) is 0 Å². The number of hydrogen-bond acceptors (Lipinski definition) is 4. The van der Waals surface area contributed by atoms with Crippen LogP contribution in [-0.4, -0.2) is 38.3 Å². The molecule has 3 aromatic rings. The van der Waals surface area contributed by atoms with Gasteiger partial charge < -0.3 is 14.7 Å². The number of hydrogen-bond donors (Lipinski definition) is 1. The van der Waals surface area contributed by atoms with E-state index >= 15 is 0 Å². The van der Waals surface area contributed by atoms with Gasteiger partial charge in [0.2, 0.25) is 0 Å². The molecule has 1 aromatic heterocycles. The Hall–Kier alpha value is -3.06. The lowest BCUT2D eigenvalue weighted by molar-refractivity contribution is 0.0868. The Morgan fingerprint density at radius 3 is 2.74 bits per heavy atom. The summed E-state index contributed by atoms with van der Waals surface area (Å²) in [4.78, 5) is 26.7. The molecule has 0 saturated heterocycles. The predicted molar refractivity (Wildman–Crippen MR) is 100 cm³/mol. The molecule has 7 nitrogen and oxygen atoms in total. The standard InChI is InChI=1S/C20H21N3O4/c1-21(20(26)27-12-14-6-3-2-4-7-14)16-10-15-8-5-9-17-18(15)22(11-16)19(25)23(17)13-24/h2-9,16,24H,10-13H2,1H3/t16-/m1/s1. The molecule has 27 heavy (non-hydrogen) atoms. The van der Waals surface area contributed by atoms with Gasteiger partial charge in [-0.3, -0.25) is 9.13 Å². The van der Waals surface area contributed by atoms with Crippen LogP contribution in [0.15, 0.2) is 53.3 Å². The average molecular weight is 367 g/mol. The number of likely N-dealkylation sites (N-methyl/N-ethyl adjacent to an activating group) is 1. The van der Waals surface area contributed by atoms with Gasteiger partial charge in [-0.25, -0.2) is 9.59 Å². The largest absolute Gasteiger partial charge is 0.445 e. The van der Waals surface area contributed by atoms with Gasteiger partial charge in [-0.15, -0.1) is 0 Å². The number of carbonyl (C=O) groups excluding carboxylic acids is 1. The number of nitrogens with zero attached hydrogens (tertiary/aromatic N) is 3. The summed E-state index contributed by atoms with van der Waals surface area (Å²) in [7, 11) is 1.69. The molecule has 0 bridgehead atoms. The number of para-hydroxylation sites is 1. The van der Waals surface area contributed by atoms with Crippen molar-refractivity contribution in [3.63, 3.8) is 0 Å². The molecule has 1 aliphatic heterocycles. The summed E-state index contributed by atoms with van der Waals surface area (Å²) in [6.45, 7) is 0.208. The van der Waals surface area contributed by atoms with Gasteiger partial charge in [0, 0.05) is 13.6 Å². The minimum absolute atomic E-state index is 0.196. The Kier molecular flexibility index (Phi) is 4.45. The Balaban J connectivity index is 1.54. The van der Waals surface area contributed by atoms with Crippen LogP contribution in [-0.2, 0) is 31.0 Å². The second kappa shape index (κ2) is 6.92. The SMILES string of the molecule is CN(C(=O)OCc1ccccc1)[C@@H]1Cc2cccc3c2n(c(=O)n3CO)C1. The molecule has 0 saturated carbocycles. The molecule has 1 atom stereocenters. The van der Waals surface area contributed by atoms with Crippen LogP contribution in [0, 0.1) is 0 Å². The number of aromatic nitrogens is 2. The van der Waals surface area contributed by atoms with E-state index in [1.165, 1.54) is 4.57 Å². The molecule has 4 rings (SSSR count). The highest BCUT2D eigenvalue weighted by molar-refractivity contribution is 5.81. The lowest BCUT2D eigenvalue weighted by Crippen LogP contribution is -2.45. The zero-order chi connectivity index (χ0) is 19.0. The van der Waals surface area contributed by atoms with Gasteiger partial charge in [0.05, 0.1) is 17.1 Å². The third-order valence-corrected chi connectivity index (χ3v) is 5.15. The smallest absolute Gasteiger partial charge is 0.410 e. The summed E-state index contributed by atoms with van der Waals surface area (Å²) in [6.07, 6.45) is 0.206. The van der Waals surface area contributed by atoms with E-state index in [-0.39, 0.29) is 25.1 Å². The minimum atomic E-state index is -0.422. The molecule has 140 valence electrons. The zero-order valence-electron chi connectivity index (χ0n) is 15.0. The Morgan fingerprint density at radius 1 is 1.22 bits per heavy atom. The second-order valence-electron chi connectivity index (χ2n) is 6.76. The maximum atomic E-state index is 12.6. The topological polar surface area (TPSA) is 76.7 Å². The van der Waals surface area contributed by atoms with Gasteiger partial charge >= 0.3 is 11.8 Å². The molecule has 0 spiro atoms. The molecule has 0 radical (unpaired) electrons. The normalized spacial score (nSPS) is 15.7. The fourth-order valence-electron chi connectivity index (χ4n) is 3.68. The Morgan fingerprint density at radius 2 is 2.00 bits per heavy atom. The third kappa shape index (κ3) is 3.00. The number of benzene rings is 2. The van der Waals surface area contributed by atoms with Crippen LogP contribution >= 0.6 is 0 Å². The molecular weight excluding hydrogens is 346 g/mol. The number of aliphatic hydroxyl groups is 1. The van der Waals surface area contributed by atoms with E-state index < -0.39 is 6.09 Å². The molecule has 7 heteroatoms. The van der Waals surface area contributed by atoms with Gasteiger partial charge in [0.1, 0.15) is 13.3 Å². The van der Waals surface area contributed by atoms with Crippen LogP contribution < -0.4 is 5.69 Å². The number of rotatable bonds is 4. The number of carbonyl (C=O) groups is 1. The molecule has 1 N–H and O–H groups in total. The molecule has 0 aliphatic carbocycles. The van der Waals surface area contributed by atoms with Crippen molar-refractivity contribution >= 4 is 17.1 Å². The zero-order valence-corrected chi connectivity index (χ0v) is 15.0. The highest BCUT2D eigenvalue weighted by atomic mass is 16.6. The van der Waals surface area contributed by atoms with Crippen LogP contribution in [0.2, 0.25) is 0 Å². The first-order valence-corrected chi connectivity index (χ1v) is 8.85. The first-order chi connectivity index (χ1) is 13.1. The van der Waals surface area contributed by atoms with Crippen molar-refractivity contribution < 1.29 is 14.6 Å². The van der Waals surface area contributed by atoms with Crippen molar-refractivity contribution in [3.05, 3.63) is 70.1 Å². The van der Waals surface area contributed by atoms with E-state index in [0.29, 0.717) is 18.5 Å². The molecule has 1 aliphatic rings. The van der Waals surface area contributed by atoms with Crippen molar-refractivity contribution in [2.24, 2.45) is 0 Å². The fraction of sp³-hybridized carbons (Fsp3) is 0.300. The third-order valence-electron chi connectivity index (χ3n) is 5.15. The van der Waals surface area contributed by atoms with Crippen molar-refractivity contribution in [2.75, 3.05) is 7.05 Å². The van der Waals surface area contributed by atoms with Crippen LogP contribution in [0.25, 0.3) is 11.0 Å². The van der Waals surface area contributed by atoms with E-state index in [0.717, 1.165) is 16.6 Å². The summed E-state index contributed by atoms with van der Waals surface area (Å²) in [5, 5.41) is 9.54. The highest BCUT2D eigenvalue weighted by Gasteiger charge is 2.30. The van der Waals surface area contributed by atoms with E-state index in [9.17, 15) is 14.7 Å². The summed E-state index contributed by atoms with van der Waals surface area (Å²) >= 11 is 0. The molecule has 0 unspecified atom stereocenters. The molecule has 1 amide bonds. The van der Waals surface area contributed by atoms with Gasteiger partial charge in [0.25, 0.3) is 0 Å². The van der Waals surface area contributed by atoms with Crippen molar-refractivity contribution in [3.8, 4) is 0 Å². The number of aliphatic hydroxyl groups excluding tert-OH is 1. The van der Waals surface area contributed by atoms with Crippen molar-refractivity contribution in [1.29, 1.82) is 0 Å². The van der Waals surface area contributed by atoms with Crippen LogP contribution in [0.5, 0.6) is 0 Å². The molecule has 2 heterocycles. The molecule has 0 fully saturated rings. The van der Waals surface area contributed by atoms with Gasteiger partial charge in [-0.05, 0) is 23.6 Å². The Bertz CT molecular complexity index is 1040. The minimum Gasteiger partial charge on any atom is -0.445 e. The van der Waals surface area contributed by atoms with E-state index in [1.54, 1.807) is 16.5 Å². The monoisotopic (exact) mass is 367 g/mol. The molecular formula is C20H21N3O4. The summed E-state index contributed by atoms with van der Waals surface area (Å²) in [6, 6.07) is 15.0. The van der Waals surface area contributed by atoms with Crippen molar-refractivity contribution in [2.45, 2.75) is 32.3 Å². The Labute approximate surface area is 156 Å². The van der Waals surface area contributed by atoms with Crippen molar-refractivity contribution in [1.82, 2.24) is 14.0 Å². The molecule has 2 aromatic carbocycles. The lowest BCUT2D eigenvalue weighted by atomic mass is 10.00. The number of amides is 1. The maximum absolute atomic E-state index is 12.6. The highest BCUT2D eigenvalue weighted by Crippen LogP contribution is 2.26. The van der Waals surface area contributed by atoms with E-state index in [1.807, 2.05) is 48.5 Å². The maximum Gasteiger partial charge on any atom is 0.410 e. The van der Waals surface area contributed by atoms with Gasteiger partial charge in [-0.1, -0.05) is 42.5 Å². The fourth-order valence-corrected chi connectivity index (χ4v) is 3.68. The van der Waals surface area contributed by atoms with Gasteiger partial charge in [-0.2, -0.15) is 0 Å². The lowest BCUT2D eigenvalue weighted by Gasteiger charge is -2.31. The van der Waals surface area contributed by atoms with Crippen LogP contribution in [0.4, 0.5) is 4.79 Å². The first-order valence-electron chi connectivity index (χ1n) is 8.85. The van der Waals surface area contributed by atoms with Crippen LogP contribution in [0.1, 0.15) is 11.1 Å². The summed E-state index contributed by atoms with van der Waals surface area (Å²) < 4.78 is 8.39. The second-order valence-corrected chi connectivity index (χ2v) is 6.76. The number of ether oxygens (including phenoxy) is 1. The summed E-state index contributed by atoms with van der Waals surface area (Å²) in [5.74, 6) is 0. The first kappa shape index (κ1) is 17.4. The average Bonchev–Trinajstić information content (AvgIpc) is 2.99. The van der Waals surface area contributed by atoms with Gasteiger partial charge in [0.15, 0.2) is 0 Å². The van der Waals surface area contributed by atoms with E-state index in [2.05, 4.69) is 0 Å². The predicted octanol–water partition coefficient (Wildman–Crippen LogP) is 1.95. The number of imidazole rings is 1. The summed E-state index contributed by atoms with van der Waals surface area (Å²) in [5.41, 5.74) is 3.18. The van der Waals surface area contributed by atoms with E-state index in [4.69, 9.17) is 4.74 Å².